The molecule has 0 spiro atoms. The molecule has 0 fully saturated rings. The molecule has 0 amide bonds. The van der Waals surface area contributed by atoms with E-state index in [1.54, 1.807) is 13.8 Å². The van der Waals surface area contributed by atoms with E-state index >= 15 is 0 Å². The largest absolute Gasteiger partial charge is 0.339 e. The summed E-state index contributed by atoms with van der Waals surface area (Å²) in [5, 5.41) is 0.410. The molecule has 1 aliphatic heterocycles. The highest BCUT2D eigenvalue weighted by Gasteiger charge is 2.46. The molecule has 0 radical (unpaired) electrons. The van der Waals surface area contributed by atoms with E-state index in [-0.39, 0.29) is 6.16 Å². The molecule has 8 heteroatoms. The van der Waals surface area contributed by atoms with Gasteiger partial charge in [-0.15, -0.1) is 0 Å². The van der Waals surface area contributed by atoms with E-state index in [0.29, 0.717) is 17.8 Å². The van der Waals surface area contributed by atoms with Crippen LogP contribution in [-0.2, 0) is 22.7 Å². The van der Waals surface area contributed by atoms with Crippen LogP contribution in [-0.4, -0.2) is 38.8 Å². The van der Waals surface area contributed by atoms with Crippen molar-refractivity contribution < 1.29 is 22.7 Å². The van der Waals surface area contributed by atoms with Gasteiger partial charge in [-0.05, 0) is 19.4 Å². The first-order valence-electron chi connectivity index (χ1n) is 5.61. The first-order chi connectivity index (χ1) is 8.32. The second-order valence-electron chi connectivity index (χ2n) is 4.12. The minimum absolute atomic E-state index is 0.0932. The van der Waals surface area contributed by atoms with Crippen molar-refractivity contribution in [1.29, 1.82) is 0 Å². The van der Waals surface area contributed by atoms with Gasteiger partial charge in [0, 0.05) is 31.6 Å². The van der Waals surface area contributed by atoms with Gasteiger partial charge in [0.1, 0.15) is 5.66 Å². The summed E-state index contributed by atoms with van der Waals surface area (Å²) in [6.07, 6.45) is 0.388. The van der Waals surface area contributed by atoms with Gasteiger partial charge in [-0.25, -0.2) is 0 Å². The van der Waals surface area contributed by atoms with Crippen molar-refractivity contribution in [2.24, 2.45) is 0 Å². The van der Waals surface area contributed by atoms with Gasteiger partial charge in [0.2, 0.25) is 7.37 Å². The van der Waals surface area contributed by atoms with Crippen LogP contribution < -0.4 is 0 Å². The first kappa shape index (κ1) is 16.4. The molecule has 2 atom stereocenters. The third-order valence-corrected chi connectivity index (χ3v) is 8.74. The number of allylic oxidation sites excluding steroid dienone is 2. The lowest BCUT2D eigenvalue weighted by atomic mass is 10.2. The lowest BCUT2D eigenvalue weighted by Gasteiger charge is -2.32. The molecule has 0 N–H and O–H groups in total. The van der Waals surface area contributed by atoms with E-state index in [4.69, 9.17) is 25.2 Å². The summed E-state index contributed by atoms with van der Waals surface area (Å²) in [6, 6.07) is 0. The lowest BCUT2D eigenvalue weighted by molar-refractivity contribution is 0.269. The Morgan fingerprint density at radius 1 is 1.44 bits per heavy atom. The summed E-state index contributed by atoms with van der Waals surface area (Å²) in [5.74, 6) is 0. The van der Waals surface area contributed by atoms with Gasteiger partial charge >= 0.3 is 7.60 Å². The molecule has 1 heterocycles. The van der Waals surface area contributed by atoms with E-state index in [1.165, 1.54) is 14.2 Å². The molecule has 0 aromatic heterocycles. The van der Waals surface area contributed by atoms with E-state index in [2.05, 4.69) is 0 Å². The van der Waals surface area contributed by atoms with Crippen LogP contribution in [0.15, 0.2) is 10.6 Å². The zero-order valence-electron chi connectivity index (χ0n) is 11.0. The third kappa shape index (κ3) is 3.27. The maximum atomic E-state index is 12.5. The average Bonchev–Trinajstić information content (AvgIpc) is 2.33. The highest BCUT2D eigenvalue weighted by atomic mass is 35.5. The molecule has 18 heavy (non-hydrogen) atoms. The Balaban J connectivity index is 3.16. The fourth-order valence-corrected chi connectivity index (χ4v) is 7.84. The van der Waals surface area contributed by atoms with Crippen LogP contribution in [0.5, 0.6) is 0 Å². The SMILES string of the molecule is CCOP1(=O)CC(C)=C(Cl)[C@H](P(=O)(OC)OC)C1. The van der Waals surface area contributed by atoms with Crippen LogP contribution in [0, 0.1) is 0 Å². The molecular formula is C10H19ClO5P2. The number of hydrogen-bond acceptors (Lipinski definition) is 5. The molecule has 0 saturated heterocycles. The minimum Gasteiger partial charge on any atom is -0.328 e. The molecular weight excluding hydrogens is 298 g/mol. The predicted octanol–water partition coefficient (Wildman–Crippen LogP) is 3.68. The van der Waals surface area contributed by atoms with Gasteiger partial charge in [-0.3, -0.25) is 9.13 Å². The molecule has 0 bridgehead atoms. The van der Waals surface area contributed by atoms with Crippen LogP contribution in [0.2, 0.25) is 0 Å². The molecule has 0 saturated carbocycles. The zero-order valence-corrected chi connectivity index (χ0v) is 13.6. The highest BCUT2D eigenvalue weighted by Crippen LogP contribution is 2.64. The second kappa shape index (κ2) is 6.21. The molecule has 5 nitrogen and oxygen atoms in total. The van der Waals surface area contributed by atoms with Crippen LogP contribution in [0.3, 0.4) is 0 Å². The number of rotatable bonds is 5. The quantitative estimate of drug-likeness (QED) is 0.724. The van der Waals surface area contributed by atoms with Gasteiger partial charge in [-0.2, -0.15) is 0 Å². The molecule has 1 rings (SSSR count). The van der Waals surface area contributed by atoms with E-state index in [1.807, 2.05) is 0 Å². The van der Waals surface area contributed by atoms with Crippen molar-refractivity contribution in [1.82, 2.24) is 0 Å². The van der Waals surface area contributed by atoms with Crippen LogP contribution in [0.1, 0.15) is 13.8 Å². The van der Waals surface area contributed by atoms with E-state index in [9.17, 15) is 9.13 Å². The smallest absolute Gasteiger partial charge is 0.328 e. The summed E-state index contributed by atoms with van der Waals surface area (Å²) in [4.78, 5) is 0. The Morgan fingerprint density at radius 2 is 2.00 bits per heavy atom. The van der Waals surface area contributed by atoms with Gasteiger partial charge in [0.25, 0.3) is 0 Å². The van der Waals surface area contributed by atoms with Gasteiger partial charge in [-0.1, -0.05) is 11.6 Å². The Hall–Kier alpha value is 0.370. The van der Waals surface area contributed by atoms with Crippen molar-refractivity contribution >= 4 is 26.6 Å². The van der Waals surface area contributed by atoms with Crippen LogP contribution >= 0.6 is 26.6 Å². The Labute approximate surface area is 113 Å². The maximum Gasteiger partial charge on any atom is 0.339 e. The zero-order chi connectivity index (χ0) is 14.0. The van der Waals surface area contributed by atoms with Crippen molar-refractivity contribution in [3.8, 4) is 0 Å². The molecule has 0 aromatic carbocycles. The standard InChI is InChI=1S/C10H19ClO5P2/c1-5-16-17(12)6-8(2)10(11)9(7-17)18(13,14-3)15-4/h9H,5-7H2,1-4H3/t9-,17?/m1/s1. The highest BCUT2D eigenvalue weighted by molar-refractivity contribution is 7.62. The molecule has 1 unspecified atom stereocenters. The lowest BCUT2D eigenvalue weighted by Crippen LogP contribution is -2.24. The molecule has 1 aliphatic rings. The molecule has 0 aliphatic carbocycles. The number of halogens is 1. The fraction of sp³-hybridized carbons (Fsp3) is 0.800. The van der Waals surface area contributed by atoms with Crippen molar-refractivity contribution in [2.45, 2.75) is 19.5 Å². The third-order valence-electron chi connectivity index (χ3n) is 2.88. The van der Waals surface area contributed by atoms with Crippen molar-refractivity contribution in [2.75, 3.05) is 33.2 Å². The molecule has 0 aromatic rings. The summed E-state index contributed by atoms with van der Waals surface area (Å²) < 4.78 is 40.2. The maximum absolute atomic E-state index is 12.5. The summed E-state index contributed by atoms with van der Waals surface area (Å²) >= 11 is 6.17. The van der Waals surface area contributed by atoms with Gasteiger partial charge in [0.15, 0.2) is 0 Å². The second-order valence-corrected chi connectivity index (χ2v) is 9.53. The first-order valence-corrected chi connectivity index (χ1v) is 9.59. The Morgan fingerprint density at radius 3 is 2.44 bits per heavy atom. The number of hydrogen-bond donors (Lipinski definition) is 0. The normalized spacial score (nSPS) is 29.7. The van der Waals surface area contributed by atoms with Crippen molar-refractivity contribution in [3.05, 3.63) is 10.6 Å². The Bertz CT molecular complexity index is 426. The van der Waals surface area contributed by atoms with Crippen molar-refractivity contribution in [3.63, 3.8) is 0 Å². The van der Waals surface area contributed by atoms with Crippen LogP contribution in [0.4, 0.5) is 0 Å². The Kier molecular flexibility index (Phi) is 5.67. The van der Waals surface area contributed by atoms with E-state index < -0.39 is 20.6 Å². The fourth-order valence-electron chi connectivity index (χ4n) is 2.03. The summed E-state index contributed by atoms with van der Waals surface area (Å²) in [5.41, 5.74) is 0.0133. The summed E-state index contributed by atoms with van der Waals surface area (Å²) in [6.45, 7) is 3.88. The van der Waals surface area contributed by atoms with Crippen LogP contribution in [0.25, 0.3) is 0 Å². The van der Waals surface area contributed by atoms with E-state index in [0.717, 1.165) is 5.57 Å². The minimum atomic E-state index is -3.40. The average molecular weight is 317 g/mol. The topological polar surface area (TPSA) is 61.8 Å². The monoisotopic (exact) mass is 316 g/mol. The van der Waals surface area contributed by atoms with Gasteiger partial charge in [0.05, 0.1) is 6.61 Å². The predicted molar refractivity (Wildman–Crippen MR) is 72.9 cm³/mol. The van der Waals surface area contributed by atoms with Gasteiger partial charge < -0.3 is 13.6 Å². The molecule has 106 valence electrons. The summed E-state index contributed by atoms with van der Waals surface area (Å²) in [7, 11) is -3.66.